The van der Waals surface area contributed by atoms with Gasteiger partial charge in [0.05, 0.1) is 17.4 Å². The van der Waals surface area contributed by atoms with Crippen LogP contribution in [0.5, 0.6) is 11.5 Å². The van der Waals surface area contributed by atoms with E-state index in [2.05, 4.69) is 14.8 Å². The summed E-state index contributed by atoms with van der Waals surface area (Å²) in [6.45, 7) is 2.73. The van der Waals surface area contributed by atoms with Gasteiger partial charge in [-0.15, -0.1) is 0 Å². The molecule has 4 rings (SSSR count). The lowest BCUT2D eigenvalue weighted by Crippen LogP contribution is -2.70. The number of benzene rings is 1. The van der Waals surface area contributed by atoms with Crippen molar-refractivity contribution < 1.29 is 73.6 Å². The SMILES string of the molecule is CC[C@]12c3c4ccc(O)c3O[C@H]1C(OC(=O)[C@H](O)[C@@H](O)C(=O)O[C@@H](C)C(=O)O[C@H](CC(=O)O)C(=O)O)=CC[C@@]2(O)[C@H](NC)C4. The summed E-state index contributed by atoms with van der Waals surface area (Å²) in [5.41, 5.74) is -1.26. The predicted molar refractivity (Wildman–Crippen MR) is 142 cm³/mol. The summed E-state index contributed by atoms with van der Waals surface area (Å²) in [6.07, 6.45) is -9.21. The third kappa shape index (κ3) is 5.23. The van der Waals surface area contributed by atoms with Crippen LogP contribution >= 0.6 is 0 Å². The fourth-order valence-corrected chi connectivity index (χ4v) is 6.28. The molecule has 0 unspecified atom stereocenters. The standard InChI is InChI=1S/C28H33NO15/c1-4-27-18-12-5-6-13(30)21(18)44-22(27)14(7-8-28(27,40)16(9-12)29-3)42-26(39)20(34)19(33)25(38)41-11(2)24(37)43-15(23(35)36)10-17(31)32/h5-7,11,15-16,19-20,22,29-30,33-34,40H,4,8-10H2,1-3H3,(H,31,32)(H,35,36)/t11-,15+,16+,19+,20+,22-,27-,28+/m0/s1. The Bertz CT molecular complexity index is 1410. The number of aliphatic hydroxyl groups is 3. The predicted octanol–water partition coefficient (Wildman–Crippen LogP) is -1.37. The van der Waals surface area contributed by atoms with Crippen LogP contribution in [-0.4, -0.2) is 110 Å². The highest BCUT2D eigenvalue weighted by molar-refractivity contribution is 5.88. The summed E-state index contributed by atoms with van der Waals surface area (Å²) in [7, 11) is 1.69. The molecule has 0 fully saturated rings. The van der Waals surface area contributed by atoms with E-state index in [1.807, 2.05) is 0 Å². The highest BCUT2D eigenvalue weighted by Crippen LogP contribution is 2.63. The minimum absolute atomic E-state index is 0.0249. The smallest absolute Gasteiger partial charge is 0.348 e. The number of phenolic OH excluding ortho intramolecular Hbond substituents is 1. The Morgan fingerprint density at radius 2 is 1.73 bits per heavy atom. The van der Waals surface area contributed by atoms with Gasteiger partial charge in [0.25, 0.3) is 0 Å². The van der Waals surface area contributed by atoms with Gasteiger partial charge in [0.1, 0.15) is 5.76 Å². The Labute approximate surface area is 249 Å². The fourth-order valence-electron chi connectivity index (χ4n) is 6.28. The van der Waals surface area contributed by atoms with Gasteiger partial charge in [-0.3, -0.25) is 4.79 Å². The number of likely N-dealkylation sites (N-methyl/N-ethyl adjacent to an activating group) is 1. The van der Waals surface area contributed by atoms with Crippen molar-refractivity contribution in [3.8, 4) is 11.5 Å². The highest BCUT2D eigenvalue weighted by Gasteiger charge is 2.69. The first-order valence-electron chi connectivity index (χ1n) is 13.7. The monoisotopic (exact) mass is 623 g/mol. The van der Waals surface area contributed by atoms with Gasteiger partial charge in [0.15, 0.2) is 35.9 Å². The van der Waals surface area contributed by atoms with Crippen LogP contribution in [0.15, 0.2) is 24.0 Å². The molecule has 1 aromatic carbocycles. The van der Waals surface area contributed by atoms with Crippen molar-refractivity contribution >= 4 is 29.8 Å². The molecule has 1 heterocycles. The molecule has 0 aromatic heterocycles. The zero-order valence-electron chi connectivity index (χ0n) is 23.9. The van der Waals surface area contributed by atoms with Gasteiger partial charge in [-0.2, -0.15) is 0 Å². The molecule has 0 saturated carbocycles. The molecule has 44 heavy (non-hydrogen) atoms. The maximum atomic E-state index is 12.9. The lowest BCUT2D eigenvalue weighted by atomic mass is 9.52. The summed E-state index contributed by atoms with van der Waals surface area (Å²) in [5, 5.41) is 64.2. The maximum absolute atomic E-state index is 12.9. The van der Waals surface area contributed by atoms with E-state index in [-0.39, 0.29) is 30.1 Å². The molecular formula is C28H33NO15. The molecule has 7 N–H and O–H groups in total. The van der Waals surface area contributed by atoms with Crippen molar-refractivity contribution in [3.63, 3.8) is 0 Å². The lowest BCUT2D eigenvalue weighted by Gasteiger charge is -2.56. The topological polar surface area (TPSA) is 256 Å². The van der Waals surface area contributed by atoms with Crippen molar-refractivity contribution in [1.82, 2.24) is 5.32 Å². The Morgan fingerprint density at radius 1 is 1.07 bits per heavy atom. The Kier molecular flexibility index (Phi) is 8.93. The van der Waals surface area contributed by atoms with Gasteiger partial charge < -0.3 is 54.9 Å². The average molecular weight is 624 g/mol. The minimum atomic E-state index is -2.58. The number of aliphatic hydroxyl groups excluding tert-OH is 2. The number of nitrogens with one attached hydrogen (secondary N) is 1. The molecule has 0 radical (unpaired) electrons. The van der Waals surface area contributed by atoms with Crippen molar-refractivity contribution in [2.24, 2.45) is 0 Å². The van der Waals surface area contributed by atoms with E-state index in [1.165, 1.54) is 12.1 Å². The van der Waals surface area contributed by atoms with Gasteiger partial charge >= 0.3 is 29.8 Å². The zero-order chi connectivity index (χ0) is 32.7. The van der Waals surface area contributed by atoms with Crippen molar-refractivity contribution in [2.75, 3.05) is 7.05 Å². The van der Waals surface area contributed by atoms with E-state index in [9.17, 15) is 44.4 Å². The second kappa shape index (κ2) is 12.0. The van der Waals surface area contributed by atoms with E-state index in [1.54, 1.807) is 20.0 Å². The number of aromatic hydroxyl groups is 1. The van der Waals surface area contributed by atoms with E-state index >= 15 is 0 Å². The third-order valence-electron chi connectivity index (χ3n) is 8.42. The first-order chi connectivity index (χ1) is 20.6. The van der Waals surface area contributed by atoms with Crippen LogP contribution in [0, 0.1) is 0 Å². The van der Waals surface area contributed by atoms with Crippen LogP contribution in [-0.2, 0) is 50.0 Å². The summed E-state index contributed by atoms with van der Waals surface area (Å²) >= 11 is 0. The first kappa shape index (κ1) is 32.7. The number of aliphatic carboxylic acids is 2. The maximum Gasteiger partial charge on any atom is 0.348 e. The van der Waals surface area contributed by atoms with E-state index in [0.717, 1.165) is 12.5 Å². The molecular weight excluding hydrogens is 590 g/mol. The summed E-state index contributed by atoms with van der Waals surface area (Å²) in [6, 6.07) is 2.73. The number of hydrogen-bond acceptors (Lipinski definition) is 14. The van der Waals surface area contributed by atoms with E-state index < -0.39 is 83.8 Å². The number of carboxylic acid groups (broad SMARTS) is 2. The van der Waals surface area contributed by atoms with Crippen LogP contribution in [0.3, 0.4) is 0 Å². The molecule has 0 bridgehead atoms. The lowest BCUT2D eigenvalue weighted by molar-refractivity contribution is -0.185. The fraction of sp³-hybridized carbons (Fsp3) is 0.536. The number of ether oxygens (including phenoxy) is 4. The third-order valence-corrected chi connectivity index (χ3v) is 8.42. The molecule has 240 valence electrons. The molecule has 16 heteroatoms. The second-order valence-corrected chi connectivity index (χ2v) is 10.8. The van der Waals surface area contributed by atoms with Crippen LogP contribution in [0.1, 0.15) is 44.2 Å². The number of carbonyl (C=O) groups is 5. The average Bonchev–Trinajstić information content (AvgIpc) is 3.35. The Hall–Kier alpha value is -4.25. The molecule has 3 aliphatic rings. The van der Waals surface area contributed by atoms with Gasteiger partial charge in [-0.25, -0.2) is 19.2 Å². The summed E-state index contributed by atoms with van der Waals surface area (Å²) in [5.74, 6) is -8.22. The Balaban J connectivity index is 1.49. The van der Waals surface area contributed by atoms with Crippen LogP contribution < -0.4 is 10.1 Å². The first-order valence-corrected chi connectivity index (χ1v) is 13.7. The van der Waals surface area contributed by atoms with Crippen LogP contribution in [0.2, 0.25) is 0 Å². The molecule has 0 amide bonds. The molecule has 1 aromatic rings. The van der Waals surface area contributed by atoms with Gasteiger partial charge in [-0.1, -0.05) is 13.0 Å². The number of hydrogen-bond donors (Lipinski definition) is 7. The van der Waals surface area contributed by atoms with Gasteiger partial charge in [0.2, 0.25) is 6.10 Å². The minimum Gasteiger partial charge on any atom is -0.504 e. The number of phenols is 1. The summed E-state index contributed by atoms with van der Waals surface area (Å²) < 4.78 is 20.7. The van der Waals surface area contributed by atoms with Gasteiger partial charge in [0, 0.05) is 18.0 Å². The molecule has 16 nitrogen and oxygen atoms in total. The van der Waals surface area contributed by atoms with Crippen molar-refractivity contribution in [3.05, 3.63) is 35.1 Å². The van der Waals surface area contributed by atoms with Gasteiger partial charge in [-0.05, 0) is 44.5 Å². The quantitative estimate of drug-likeness (QED) is 0.105. The zero-order valence-corrected chi connectivity index (χ0v) is 23.9. The Morgan fingerprint density at radius 3 is 2.32 bits per heavy atom. The molecule has 1 aliphatic heterocycles. The van der Waals surface area contributed by atoms with E-state index in [0.29, 0.717) is 12.0 Å². The van der Waals surface area contributed by atoms with Crippen LogP contribution in [0.25, 0.3) is 0 Å². The second-order valence-electron chi connectivity index (χ2n) is 10.8. The number of carbonyl (C=O) groups excluding carboxylic acids is 3. The normalized spacial score (nSPS) is 27.4. The molecule has 2 aliphatic carbocycles. The largest absolute Gasteiger partial charge is 0.504 e. The molecule has 8 atom stereocenters. The molecule has 0 spiro atoms. The van der Waals surface area contributed by atoms with Crippen molar-refractivity contribution in [1.29, 1.82) is 0 Å². The molecule has 0 saturated heterocycles. The van der Waals surface area contributed by atoms with Crippen LogP contribution in [0.4, 0.5) is 0 Å². The number of carboxylic acids is 2. The van der Waals surface area contributed by atoms with E-state index in [4.69, 9.17) is 19.7 Å². The number of rotatable bonds is 12. The number of esters is 3. The highest BCUT2D eigenvalue weighted by atomic mass is 16.6. The van der Waals surface area contributed by atoms with Crippen molar-refractivity contribution in [2.45, 2.75) is 87.1 Å². The summed E-state index contributed by atoms with van der Waals surface area (Å²) in [4.78, 5) is 59.3.